The summed E-state index contributed by atoms with van der Waals surface area (Å²) in [7, 11) is -1.55. The molecule has 1 atom stereocenters. The topological polar surface area (TPSA) is 55.4 Å². The Morgan fingerprint density at radius 2 is 1.83 bits per heavy atom. The molecule has 0 radical (unpaired) electrons. The molecule has 1 N–H and O–H groups in total. The summed E-state index contributed by atoms with van der Waals surface area (Å²) in [5.41, 5.74) is 0. The van der Waals surface area contributed by atoms with Crippen molar-refractivity contribution in [2.45, 2.75) is 26.8 Å². The van der Waals surface area contributed by atoms with Gasteiger partial charge in [-0.1, -0.05) is 13.8 Å². The minimum atomic E-state index is -3.08. The van der Waals surface area contributed by atoms with Crippen molar-refractivity contribution in [1.82, 2.24) is 4.72 Å². The average molecular weight is 197 g/mol. The van der Waals surface area contributed by atoms with E-state index in [2.05, 4.69) is 4.72 Å². The second kappa shape index (κ2) is 7.52. The summed E-state index contributed by atoms with van der Waals surface area (Å²) in [5.74, 6) is 0. The maximum absolute atomic E-state index is 10.5. The van der Waals surface area contributed by atoms with Crippen molar-refractivity contribution in [2.24, 2.45) is 0 Å². The summed E-state index contributed by atoms with van der Waals surface area (Å²) in [6.45, 7) is 6.14. The Kier molecular flexibility index (Phi) is 9.02. The molecular weight excluding hydrogens is 178 g/mol. The van der Waals surface area contributed by atoms with Crippen LogP contribution in [0.25, 0.3) is 0 Å². The first kappa shape index (κ1) is 14.4. The molecule has 76 valence electrons. The molecule has 0 bridgehead atoms. The number of ether oxygens (including phenoxy) is 1. The normalized spacial score (nSPS) is 13.1. The predicted molar refractivity (Wildman–Crippen MR) is 50.7 cm³/mol. The number of nitrogens with one attached hydrogen (secondary N) is 1. The molecule has 0 aromatic carbocycles. The van der Waals surface area contributed by atoms with Gasteiger partial charge in [0.1, 0.15) is 0 Å². The molecule has 0 aliphatic heterocycles. The molecule has 0 saturated heterocycles. The molecule has 0 fully saturated rings. The van der Waals surface area contributed by atoms with Crippen molar-refractivity contribution < 1.29 is 13.2 Å². The Labute approximate surface area is 75.4 Å². The fraction of sp³-hybridized carbons (Fsp3) is 1.00. The smallest absolute Gasteiger partial charge is 0.209 e. The first-order valence-electron chi connectivity index (χ1n) is 3.92. The molecule has 5 heteroatoms. The maximum atomic E-state index is 10.5. The molecule has 0 rings (SSSR count). The highest BCUT2D eigenvalue weighted by Gasteiger charge is 2.06. The molecule has 0 heterocycles. The molecule has 12 heavy (non-hydrogen) atoms. The van der Waals surface area contributed by atoms with E-state index >= 15 is 0 Å². The van der Waals surface area contributed by atoms with Gasteiger partial charge in [0, 0.05) is 13.2 Å². The van der Waals surface area contributed by atoms with Crippen LogP contribution in [-0.2, 0) is 14.8 Å². The van der Waals surface area contributed by atoms with Gasteiger partial charge in [0.05, 0.1) is 12.9 Å². The van der Waals surface area contributed by atoms with Crippen LogP contribution >= 0.6 is 0 Å². The second-order valence-corrected chi connectivity index (χ2v) is 4.03. The summed E-state index contributed by atoms with van der Waals surface area (Å²) in [4.78, 5) is 0. The zero-order chi connectivity index (χ0) is 10.2. The number of hydrogen-bond acceptors (Lipinski definition) is 3. The van der Waals surface area contributed by atoms with Crippen LogP contribution in [0, 0.1) is 0 Å². The first-order valence-corrected chi connectivity index (χ1v) is 5.81. The van der Waals surface area contributed by atoms with Gasteiger partial charge in [-0.3, -0.25) is 0 Å². The second-order valence-electron chi connectivity index (χ2n) is 2.25. The minimum Gasteiger partial charge on any atom is -0.383 e. The highest BCUT2D eigenvalue weighted by Crippen LogP contribution is 1.84. The quantitative estimate of drug-likeness (QED) is 0.718. The van der Waals surface area contributed by atoms with E-state index in [1.807, 2.05) is 13.8 Å². The van der Waals surface area contributed by atoms with E-state index in [0.717, 1.165) is 6.26 Å². The Balaban J connectivity index is 0. The van der Waals surface area contributed by atoms with E-state index < -0.39 is 10.0 Å². The van der Waals surface area contributed by atoms with E-state index in [4.69, 9.17) is 4.74 Å². The summed E-state index contributed by atoms with van der Waals surface area (Å²) in [6, 6.07) is -0.153. The zero-order valence-electron chi connectivity index (χ0n) is 8.42. The minimum absolute atomic E-state index is 0.153. The first-order chi connectivity index (χ1) is 5.45. The van der Waals surface area contributed by atoms with Crippen molar-refractivity contribution in [3.05, 3.63) is 0 Å². The van der Waals surface area contributed by atoms with Crippen molar-refractivity contribution in [1.29, 1.82) is 0 Å². The Morgan fingerprint density at radius 1 is 1.42 bits per heavy atom. The third-order valence-corrected chi connectivity index (χ3v) is 1.66. The Morgan fingerprint density at radius 3 is 2.08 bits per heavy atom. The van der Waals surface area contributed by atoms with Crippen molar-refractivity contribution in [3.8, 4) is 0 Å². The van der Waals surface area contributed by atoms with Gasteiger partial charge in [-0.2, -0.15) is 0 Å². The van der Waals surface area contributed by atoms with Gasteiger partial charge in [0.25, 0.3) is 0 Å². The summed E-state index contributed by atoms with van der Waals surface area (Å²) < 4.78 is 28.2. The fourth-order valence-corrected chi connectivity index (χ4v) is 1.45. The summed E-state index contributed by atoms with van der Waals surface area (Å²) >= 11 is 0. The van der Waals surface area contributed by atoms with Gasteiger partial charge in [-0.25, -0.2) is 13.1 Å². The lowest BCUT2D eigenvalue weighted by atomic mass is 10.4. The van der Waals surface area contributed by atoms with Crippen LogP contribution in [0.15, 0.2) is 0 Å². The predicted octanol–water partition coefficient (Wildman–Crippen LogP) is 0.597. The maximum Gasteiger partial charge on any atom is 0.209 e. The molecule has 0 aromatic rings. The molecular formula is C7H19NO3S. The average Bonchev–Trinajstić information content (AvgIpc) is 1.88. The standard InChI is InChI=1S/C5H13NO3S.C2H6/c1-5(4-9-2)6-10(3,7)8;1-2/h5-6H,4H2,1-3H3;1-2H3. The van der Waals surface area contributed by atoms with Gasteiger partial charge in [-0.05, 0) is 6.92 Å². The molecule has 0 aliphatic rings. The monoisotopic (exact) mass is 197 g/mol. The van der Waals surface area contributed by atoms with Gasteiger partial charge < -0.3 is 4.74 Å². The molecule has 0 amide bonds. The summed E-state index contributed by atoms with van der Waals surface area (Å²) in [5, 5.41) is 0. The SMILES string of the molecule is CC.COCC(C)NS(C)(=O)=O. The lowest BCUT2D eigenvalue weighted by molar-refractivity contribution is 0.180. The van der Waals surface area contributed by atoms with E-state index in [1.54, 1.807) is 6.92 Å². The third kappa shape index (κ3) is 12.5. The lowest BCUT2D eigenvalue weighted by Crippen LogP contribution is -2.34. The number of hydrogen-bond donors (Lipinski definition) is 1. The van der Waals surface area contributed by atoms with Crippen molar-refractivity contribution in [3.63, 3.8) is 0 Å². The largest absolute Gasteiger partial charge is 0.383 e. The van der Waals surface area contributed by atoms with Crippen LogP contribution in [-0.4, -0.2) is 34.4 Å². The fourth-order valence-electron chi connectivity index (χ4n) is 0.649. The zero-order valence-corrected chi connectivity index (χ0v) is 9.23. The Hall–Kier alpha value is -0.130. The van der Waals surface area contributed by atoms with E-state index in [0.29, 0.717) is 6.61 Å². The van der Waals surface area contributed by atoms with Gasteiger partial charge in [0.2, 0.25) is 10.0 Å². The van der Waals surface area contributed by atoms with E-state index in [1.165, 1.54) is 7.11 Å². The number of methoxy groups -OCH3 is 1. The molecule has 0 spiro atoms. The van der Waals surface area contributed by atoms with Gasteiger partial charge in [-0.15, -0.1) is 0 Å². The van der Waals surface area contributed by atoms with Gasteiger partial charge in [0.15, 0.2) is 0 Å². The van der Waals surface area contributed by atoms with Crippen LogP contribution in [0.2, 0.25) is 0 Å². The van der Waals surface area contributed by atoms with Crippen LogP contribution in [0.1, 0.15) is 20.8 Å². The molecule has 0 aromatic heterocycles. The molecule has 0 saturated carbocycles. The highest BCUT2D eigenvalue weighted by molar-refractivity contribution is 7.88. The van der Waals surface area contributed by atoms with E-state index in [-0.39, 0.29) is 6.04 Å². The highest BCUT2D eigenvalue weighted by atomic mass is 32.2. The van der Waals surface area contributed by atoms with Crippen LogP contribution in [0.3, 0.4) is 0 Å². The molecule has 4 nitrogen and oxygen atoms in total. The lowest BCUT2D eigenvalue weighted by Gasteiger charge is -2.09. The number of sulfonamides is 1. The number of rotatable bonds is 4. The third-order valence-electron chi connectivity index (χ3n) is 0.832. The van der Waals surface area contributed by atoms with Crippen LogP contribution in [0.4, 0.5) is 0 Å². The van der Waals surface area contributed by atoms with Crippen LogP contribution in [0.5, 0.6) is 0 Å². The van der Waals surface area contributed by atoms with E-state index in [9.17, 15) is 8.42 Å². The van der Waals surface area contributed by atoms with Crippen molar-refractivity contribution in [2.75, 3.05) is 20.0 Å². The van der Waals surface area contributed by atoms with Crippen molar-refractivity contribution >= 4 is 10.0 Å². The van der Waals surface area contributed by atoms with Gasteiger partial charge >= 0.3 is 0 Å². The summed E-state index contributed by atoms with van der Waals surface area (Å²) in [6.07, 6.45) is 1.12. The van der Waals surface area contributed by atoms with Crippen LogP contribution < -0.4 is 4.72 Å². The Bertz CT molecular complexity index is 177. The molecule has 1 unspecified atom stereocenters. The molecule has 0 aliphatic carbocycles.